The SMILES string of the molecule is Cc1ccccc1CC(=O)C1CCC(C)C1. The lowest BCUT2D eigenvalue weighted by Crippen LogP contribution is -2.14. The first kappa shape index (κ1) is 11.4. The minimum Gasteiger partial charge on any atom is -0.299 e. The van der Waals surface area contributed by atoms with Gasteiger partial charge in [0.25, 0.3) is 0 Å². The van der Waals surface area contributed by atoms with Crippen LogP contribution in [0, 0.1) is 18.8 Å². The molecule has 0 spiro atoms. The highest BCUT2D eigenvalue weighted by Crippen LogP contribution is 2.31. The number of carbonyl (C=O) groups excluding carboxylic acids is 1. The van der Waals surface area contributed by atoms with Gasteiger partial charge in [0.15, 0.2) is 0 Å². The van der Waals surface area contributed by atoms with Crippen molar-refractivity contribution in [2.75, 3.05) is 0 Å². The molecule has 1 heteroatoms. The minimum atomic E-state index is 0.328. The molecule has 2 rings (SSSR count). The molecule has 0 N–H and O–H groups in total. The van der Waals surface area contributed by atoms with Crippen molar-refractivity contribution < 1.29 is 4.79 Å². The highest BCUT2D eigenvalue weighted by molar-refractivity contribution is 5.83. The van der Waals surface area contributed by atoms with Crippen LogP contribution in [0.4, 0.5) is 0 Å². The average molecular weight is 216 g/mol. The van der Waals surface area contributed by atoms with E-state index in [0.717, 1.165) is 18.8 Å². The van der Waals surface area contributed by atoms with E-state index >= 15 is 0 Å². The van der Waals surface area contributed by atoms with E-state index < -0.39 is 0 Å². The molecule has 16 heavy (non-hydrogen) atoms. The molecule has 2 atom stereocenters. The standard InChI is InChI=1S/C15H20O/c1-11-7-8-14(9-11)15(16)10-13-6-4-3-5-12(13)2/h3-6,11,14H,7-10H2,1-2H3. The second kappa shape index (κ2) is 4.82. The third kappa shape index (κ3) is 2.52. The highest BCUT2D eigenvalue weighted by Gasteiger charge is 2.27. The Morgan fingerprint density at radius 3 is 2.69 bits per heavy atom. The lowest BCUT2D eigenvalue weighted by atomic mass is 9.94. The van der Waals surface area contributed by atoms with Crippen molar-refractivity contribution >= 4 is 5.78 Å². The summed E-state index contributed by atoms with van der Waals surface area (Å²) in [5.74, 6) is 1.51. The van der Waals surface area contributed by atoms with Crippen molar-refractivity contribution in [2.45, 2.75) is 39.5 Å². The first-order chi connectivity index (χ1) is 7.66. The van der Waals surface area contributed by atoms with Crippen molar-refractivity contribution in [3.8, 4) is 0 Å². The Hall–Kier alpha value is -1.11. The molecule has 1 nitrogen and oxygen atoms in total. The first-order valence-electron chi connectivity index (χ1n) is 6.24. The second-order valence-electron chi connectivity index (χ2n) is 5.18. The molecule has 0 aliphatic heterocycles. The number of Topliss-reactive ketones (excluding diaryl/α,β-unsaturated/α-hetero) is 1. The fraction of sp³-hybridized carbons (Fsp3) is 0.533. The van der Waals surface area contributed by atoms with E-state index in [1.807, 2.05) is 12.1 Å². The summed E-state index contributed by atoms with van der Waals surface area (Å²) in [7, 11) is 0. The maximum Gasteiger partial charge on any atom is 0.140 e. The smallest absolute Gasteiger partial charge is 0.140 e. The zero-order valence-corrected chi connectivity index (χ0v) is 10.2. The van der Waals surface area contributed by atoms with Crippen molar-refractivity contribution in [3.63, 3.8) is 0 Å². The molecule has 1 aliphatic carbocycles. The van der Waals surface area contributed by atoms with Crippen LogP contribution in [0.2, 0.25) is 0 Å². The third-order valence-electron chi connectivity index (χ3n) is 3.78. The van der Waals surface area contributed by atoms with Crippen molar-refractivity contribution in [1.29, 1.82) is 0 Å². The Labute approximate surface area is 97.9 Å². The highest BCUT2D eigenvalue weighted by atomic mass is 16.1. The van der Waals surface area contributed by atoms with E-state index in [0.29, 0.717) is 18.1 Å². The summed E-state index contributed by atoms with van der Waals surface area (Å²) in [5, 5.41) is 0. The third-order valence-corrected chi connectivity index (χ3v) is 3.78. The van der Waals surface area contributed by atoms with Gasteiger partial charge >= 0.3 is 0 Å². The minimum absolute atomic E-state index is 0.328. The van der Waals surface area contributed by atoms with Crippen LogP contribution < -0.4 is 0 Å². The molecule has 86 valence electrons. The maximum absolute atomic E-state index is 12.1. The van der Waals surface area contributed by atoms with E-state index in [1.54, 1.807) is 0 Å². The van der Waals surface area contributed by atoms with Gasteiger partial charge in [0.1, 0.15) is 5.78 Å². The fourth-order valence-electron chi connectivity index (χ4n) is 2.64. The van der Waals surface area contributed by atoms with Crippen LogP contribution >= 0.6 is 0 Å². The van der Waals surface area contributed by atoms with E-state index in [2.05, 4.69) is 26.0 Å². The van der Waals surface area contributed by atoms with Crippen LogP contribution in [0.25, 0.3) is 0 Å². The monoisotopic (exact) mass is 216 g/mol. The molecule has 0 aromatic heterocycles. The number of hydrogen-bond donors (Lipinski definition) is 0. The van der Waals surface area contributed by atoms with Gasteiger partial charge in [0.2, 0.25) is 0 Å². The number of ketones is 1. The molecule has 1 saturated carbocycles. The number of benzene rings is 1. The summed E-state index contributed by atoms with van der Waals surface area (Å²) in [6.07, 6.45) is 4.06. The predicted molar refractivity (Wildman–Crippen MR) is 66.4 cm³/mol. The average Bonchev–Trinajstić information content (AvgIpc) is 2.68. The summed E-state index contributed by atoms with van der Waals surface area (Å²) in [6, 6.07) is 8.21. The molecule has 0 amide bonds. The molecule has 2 unspecified atom stereocenters. The van der Waals surface area contributed by atoms with Crippen LogP contribution in [0.3, 0.4) is 0 Å². The summed E-state index contributed by atoms with van der Waals surface area (Å²) >= 11 is 0. The summed E-state index contributed by atoms with van der Waals surface area (Å²) in [4.78, 5) is 12.1. The van der Waals surface area contributed by atoms with Crippen molar-refractivity contribution in [1.82, 2.24) is 0 Å². The van der Waals surface area contributed by atoms with Gasteiger partial charge in [-0.3, -0.25) is 4.79 Å². The first-order valence-corrected chi connectivity index (χ1v) is 6.24. The fourth-order valence-corrected chi connectivity index (χ4v) is 2.64. The van der Waals surface area contributed by atoms with Crippen molar-refractivity contribution in [2.24, 2.45) is 11.8 Å². The van der Waals surface area contributed by atoms with Gasteiger partial charge in [-0.2, -0.15) is 0 Å². The lowest BCUT2D eigenvalue weighted by molar-refractivity contribution is -0.122. The van der Waals surface area contributed by atoms with E-state index in [4.69, 9.17) is 0 Å². The Balaban J connectivity index is 2.00. The summed E-state index contributed by atoms with van der Waals surface area (Å²) in [6.45, 7) is 4.33. The quantitative estimate of drug-likeness (QED) is 0.755. The van der Waals surface area contributed by atoms with Crippen molar-refractivity contribution in [3.05, 3.63) is 35.4 Å². The Kier molecular flexibility index (Phi) is 3.42. The van der Waals surface area contributed by atoms with Gasteiger partial charge in [-0.05, 0) is 43.2 Å². The van der Waals surface area contributed by atoms with Gasteiger partial charge in [0.05, 0.1) is 0 Å². The molecule has 0 saturated heterocycles. The van der Waals surface area contributed by atoms with Gasteiger partial charge < -0.3 is 0 Å². The van der Waals surface area contributed by atoms with E-state index in [-0.39, 0.29) is 0 Å². The summed E-state index contributed by atoms with van der Waals surface area (Å²) in [5.41, 5.74) is 2.44. The summed E-state index contributed by atoms with van der Waals surface area (Å²) < 4.78 is 0. The normalized spacial score (nSPS) is 24.6. The Morgan fingerprint density at radius 1 is 1.31 bits per heavy atom. The zero-order valence-electron chi connectivity index (χ0n) is 10.2. The van der Waals surface area contributed by atoms with Gasteiger partial charge in [-0.15, -0.1) is 0 Å². The van der Waals surface area contributed by atoms with E-state index in [1.165, 1.54) is 17.5 Å². The molecule has 1 aromatic carbocycles. The number of rotatable bonds is 3. The zero-order chi connectivity index (χ0) is 11.5. The largest absolute Gasteiger partial charge is 0.299 e. The molecule has 1 fully saturated rings. The van der Waals surface area contributed by atoms with Gasteiger partial charge in [-0.25, -0.2) is 0 Å². The van der Waals surface area contributed by atoms with Gasteiger partial charge in [0, 0.05) is 12.3 Å². The predicted octanol–water partition coefficient (Wildman–Crippen LogP) is 3.54. The molecular weight excluding hydrogens is 196 g/mol. The molecule has 0 bridgehead atoms. The van der Waals surface area contributed by atoms with Crippen LogP contribution in [0.5, 0.6) is 0 Å². The van der Waals surface area contributed by atoms with Gasteiger partial charge in [-0.1, -0.05) is 31.2 Å². The number of aryl methyl sites for hydroxylation is 1. The van der Waals surface area contributed by atoms with Crippen LogP contribution in [-0.4, -0.2) is 5.78 Å². The molecule has 1 aliphatic rings. The molecule has 0 heterocycles. The molecule has 0 radical (unpaired) electrons. The van der Waals surface area contributed by atoms with Crippen LogP contribution in [0.15, 0.2) is 24.3 Å². The Morgan fingerprint density at radius 2 is 2.06 bits per heavy atom. The molecular formula is C15H20O. The number of carbonyl (C=O) groups is 1. The topological polar surface area (TPSA) is 17.1 Å². The van der Waals surface area contributed by atoms with Crippen LogP contribution in [0.1, 0.15) is 37.3 Å². The number of hydrogen-bond acceptors (Lipinski definition) is 1. The molecule has 1 aromatic rings. The van der Waals surface area contributed by atoms with E-state index in [9.17, 15) is 4.79 Å². The van der Waals surface area contributed by atoms with Crippen LogP contribution in [-0.2, 0) is 11.2 Å². The Bertz CT molecular complexity index is 381. The maximum atomic E-state index is 12.1. The second-order valence-corrected chi connectivity index (χ2v) is 5.18. The lowest BCUT2D eigenvalue weighted by Gasteiger charge is -2.10.